The van der Waals surface area contributed by atoms with E-state index >= 15 is 0 Å². The van der Waals surface area contributed by atoms with Crippen LogP contribution in [-0.4, -0.2) is 57.8 Å². The molecule has 0 spiro atoms. The van der Waals surface area contributed by atoms with Crippen LogP contribution in [0.25, 0.3) is 0 Å². The zero-order valence-electron chi connectivity index (χ0n) is 20.7. The number of anilines is 1. The Kier molecular flexibility index (Phi) is 9.16. The molecule has 0 saturated carbocycles. The summed E-state index contributed by atoms with van der Waals surface area (Å²) >= 11 is 6.46. The first kappa shape index (κ1) is 27.8. The molecule has 0 radical (unpaired) electrons. The van der Waals surface area contributed by atoms with E-state index in [1.54, 1.807) is 12.1 Å². The predicted molar refractivity (Wildman–Crippen MR) is 142 cm³/mol. The van der Waals surface area contributed by atoms with E-state index in [1.807, 2.05) is 37.3 Å². The number of aliphatic hydroxyl groups is 3. The van der Waals surface area contributed by atoms with Crippen molar-refractivity contribution in [1.82, 2.24) is 5.43 Å². The minimum atomic E-state index is -1.44. The second kappa shape index (κ2) is 12.5. The van der Waals surface area contributed by atoms with Crippen molar-refractivity contribution in [3.05, 3.63) is 98.6 Å². The van der Waals surface area contributed by atoms with E-state index in [4.69, 9.17) is 21.1 Å². The molecule has 0 bridgehead atoms. The summed E-state index contributed by atoms with van der Waals surface area (Å²) < 4.78 is 11.5. The number of halogens is 1. The molecule has 1 saturated heterocycles. The first-order valence-electron chi connectivity index (χ1n) is 12.2. The number of hydrogen-bond donors (Lipinski definition) is 5. The summed E-state index contributed by atoms with van der Waals surface area (Å²) in [4.78, 5) is 10.3. The Labute approximate surface area is 224 Å². The number of nitro benzene ring substituents is 1. The number of nitrogens with one attached hydrogen (secondary N) is 2. The van der Waals surface area contributed by atoms with Gasteiger partial charge in [0.1, 0.15) is 36.3 Å². The normalized spacial score (nSPS) is 23.1. The molecule has 3 aromatic carbocycles. The van der Waals surface area contributed by atoms with Gasteiger partial charge in [0.15, 0.2) is 0 Å². The molecule has 1 heterocycles. The second-order valence-corrected chi connectivity index (χ2v) is 9.39. The van der Waals surface area contributed by atoms with Crippen LogP contribution in [0.1, 0.15) is 29.7 Å². The largest absolute Gasteiger partial charge is 0.494 e. The average molecular weight is 544 g/mol. The fourth-order valence-electron chi connectivity index (χ4n) is 4.31. The Morgan fingerprint density at radius 2 is 1.71 bits per heavy atom. The van der Waals surface area contributed by atoms with E-state index in [0.29, 0.717) is 29.3 Å². The number of benzene rings is 3. The number of ether oxygens (including phenoxy) is 2. The highest BCUT2D eigenvalue weighted by atomic mass is 35.5. The molecule has 202 valence electrons. The third kappa shape index (κ3) is 6.60. The van der Waals surface area contributed by atoms with E-state index in [0.717, 1.165) is 16.9 Å². The van der Waals surface area contributed by atoms with E-state index in [1.165, 1.54) is 24.3 Å². The lowest BCUT2D eigenvalue weighted by molar-refractivity contribution is -0.384. The SMILES string of the molecule is CCOc1ccc(Cc2cc([C@@H]3O[C@H](CNNc4ccc([N+](=O)[O-])cc4)[C@@H](O)[C@H](O)[C@H]3O)ccc2Cl)cc1. The highest BCUT2D eigenvalue weighted by molar-refractivity contribution is 6.31. The summed E-state index contributed by atoms with van der Waals surface area (Å²) in [5, 5.41) is 43.1. The van der Waals surface area contributed by atoms with Crippen molar-refractivity contribution in [2.45, 2.75) is 43.9 Å². The van der Waals surface area contributed by atoms with Crippen molar-refractivity contribution in [2.75, 3.05) is 18.6 Å². The Morgan fingerprint density at radius 3 is 2.37 bits per heavy atom. The minimum Gasteiger partial charge on any atom is -0.494 e. The Balaban J connectivity index is 1.44. The number of nitrogens with zero attached hydrogens (tertiary/aromatic N) is 1. The van der Waals surface area contributed by atoms with Gasteiger partial charge in [-0.05, 0) is 60.4 Å². The smallest absolute Gasteiger partial charge is 0.269 e. The lowest BCUT2D eigenvalue weighted by atomic mass is 9.90. The van der Waals surface area contributed by atoms with Crippen molar-refractivity contribution >= 4 is 23.0 Å². The number of hydrazine groups is 1. The van der Waals surface area contributed by atoms with E-state index in [2.05, 4.69) is 10.9 Å². The molecule has 0 unspecified atom stereocenters. The van der Waals surface area contributed by atoms with Gasteiger partial charge in [0.25, 0.3) is 5.69 Å². The van der Waals surface area contributed by atoms with Gasteiger partial charge in [-0.15, -0.1) is 0 Å². The molecule has 0 aromatic heterocycles. The molecule has 3 aromatic rings. The van der Waals surface area contributed by atoms with E-state index < -0.39 is 35.4 Å². The van der Waals surface area contributed by atoms with Crippen molar-refractivity contribution < 1.29 is 29.7 Å². The molecule has 38 heavy (non-hydrogen) atoms. The third-order valence-corrected chi connectivity index (χ3v) is 6.72. The molecule has 5 atom stereocenters. The summed E-state index contributed by atoms with van der Waals surface area (Å²) in [5.41, 5.74) is 8.76. The van der Waals surface area contributed by atoms with Crippen molar-refractivity contribution in [2.24, 2.45) is 0 Å². The highest BCUT2D eigenvalue weighted by Crippen LogP contribution is 2.34. The summed E-state index contributed by atoms with van der Waals surface area (Å²) in [7, 11) is 0. The van der Waals surface area contributed by atoms with Crippen molar-refractivity contribution in [3.8, 4) is 5.75 Å². The van der Waals surface area contributed by atoms with Crippen LogP contribution in [0, 0.1) is 10.1 Å². The van der Waals surface area contributed by atoms with Crippen molar-refractivity contribution in [3.63, 3.8) is 0 Å². The van der Waals surface area contributed by atoms with E-state index in [9.17, 15) is 25.4 Å². The van der Waals surface area contributed by atoms with Gasteiger partial charge >= 0.3 is 0 Å². The monoisotopic (exact) mass is 543 g/mol. The zero-order chi connectivity index (χ0) is 27.2. The third-order valence-electron chi connectivity index (χ3n) is 6.35. The topological polar surface area (TPSA) is 146 Å². The molecule has 0 aliphatic carbocycles. The quantitative estimate of drug-likeness (QED) is 0.192. The number of nitro groups is 1. The van der Waals surface area contributed by atoms with Crippen LogP contribution in [0.5, 0.6) is 5.75 Å². The molecule has 5 N–H and O–H groups in total. The standard InChI is InChI=1S/C27H30ClN3O7/c1-2-37-21-10-3-16(4-11-21)13-18-14-17(5-12-22(18)28)27-26(34)25(33)24(32)23(38-27)15-29-30-19-6-8-20(9-7-19)31(35)36/h3-12,14,23-27,29-30,32-34H,2,13,15H2,1H3/t23-,24-,25+,26-,27+/m1/s1. The predicted octanol–water partition coefficient (Wildman–Crippen LogP) is 3.38. The Bertz CT molecular complexity index is 1230. The van der Waals surface area contributed by atoms with E-state index in [-0.39, 0.29) is 12.2 Å². The van der Waals surface area contributed by atoms with Gasteiger partial charge in [-0.2, -0.15) is 0 Å². The van der Waals surface area contributed by atoms with Crippen molar-refractivity contribution in [1.29, 1.82) is 0 Å². The Hall–Kier alpha value is -3.25. The molecule has 1 fully saturated rings. The van der Waals surface area contributed by atoms with Gasteiger partial charge in [0, 0.05) is 29.4 Å². The highest BCUT2D eigenvalue weighted by Gasteiger charge is 2.44. The summed E-state index contributed by atoms with van der Waals surface area (Å²) in [6, 6.07) is 18.8. The first-order valence-corrected chi connectivity index (χ1v) is 12.6. The van der Waals surface area contributed by atoms with Crippen LogP contribution < -0.4 is 15.6 Å². The molecule has 1 aliphatic heterocycles. The number of rotatable bonds is 10. The zero-order valence-corrected chi connectivity index (χ0v) is 21.4. The van der Waals surface area contributed by atoms with Crippen LogP contribution in [0.3, 0.4) is 0 Å². The lowest BCUT2D eigenvalue weighted by Crippen LogP contribution is -2.57. The van der Waals surface area contributed by atoms with Gasteiger partial charge in [-0.25, -0.2) is 5.43 Å². The molecule has 0 amide bonds. The molecular formula is C27H30ClN3O7. The maximum atomic E-state index is 10.8. The minimum absolute atomic E-state index is 0.0357. The Morgan fingerprint density at radius 1 is 1.00 bits per heavy atom. The molecular weight excluding hydrogens is 514 g/mol. The van der Waals surface area contributed by atoms with Crippen LogP contribution in [0.15, 0.2) is 66.7 Å². The number of hydrogen-bond acceptors (Lipinski definition) is 9. The van der Waals surface area contributed by atoms with Gasteiger partial charge in [0.2, 0.25) is 0 Å². The lowest BCUT2D eigenvalue weighted by Gasteiger charge is -2.41. The molecule has 10 nitrogen and oxygen atoms in total. The fourth-order valence-corrected chi connectivity index (χ4v) is 4.50. The van der Waals surface area contributed by atoms with Gasteiger partial charge in [-0.1, -0.05) is 35.9 Å². The average Bonchev–Trinajstić information content (AvgIpc) is 2.91. The van der Waals surface area contributed by atoms with Gasteiger partial charge in [0.05, 0.1) is 11.5 Å². The maximum absolute atomic E-state index is 10.8. The number of non-ortho nitro benzene ring substituents is 1. The van der Waals surface area contributed by atoms with Crippen LogP contribution >= 0.6 is 11.6 Å². The van der Waals surface area contributed by atoms with Crippen LogP contribution in [-0.2, 0) is 11.2 Å². The summed E-state index contributed by atoms with van der Waals surface area (Å²) in [6.45, 7) is 2.58. The second-order valence-electron chi connectivity index (χ2n) is 8.98. The fraction of sp³-hybridized carbons (Fsp3) is 0.333. The number of aliphatic hydroxyl groups excluding tert-OH is 3. The summed E-state index contributed by atoms with van der Waals surface area (Å²) in [6.07, 6.45) is -5.38. The maximum Gasteiger partial charge on any atom is 0.269 e. The van der Waals surface area contributed by atoms with Crippen LogP contribution in [0.4, 0.5) is 11.4 Å². The van der Waals surface area contributed by atoms with Gasteiger partial charge < -0.3 is 30.2 Å². The van der Waals surface area contributed by atoms with Gasteiger partial charge in [-0.3, -0.25) is 10.1 Å². The molecule has 11 heteroatoms. The molecule has 4 rings (SSSR count). The first-order chi connectivity index (χ1) is 18.3. The molecule has 1 aliphatic rings. The summed E-state index contributed by atoms with van der Waals surface area (Å²) in [5.74, 6) is 0.782. The van der Waals surface area contributed by atoms with Crippen LogP contribution in [0.2, 0.25) is 5.02 Å².